The van der Waals surface area contributed by atoms with Gasteiger partial charge in [0.1, 0.15) is 18.1 Å². The van der Waals surface area contributed by atoms with E-state index in [1.807, 2.05) is 0 Å². The van der Waals surface area contributed by atoms with Crippen LogP contribution in [0.15, 0.2) is 0 Å². The monoisotopic (exact) mass is 504 g/mol. The largest absolute Gasteiger partial charge is 0.480 e. The summed E-state index contributed by atoms with van der Waals surface area (Å²) in [6, 6.07) is -4.70. The Balaban J connectivity index is 5.60. The van der Waals surface area contributed by atoms with E-state index in [2.05, 4.69) is 16.0 Å². The molecule has 0 aromatic rings. The summed E-state index contributed by atoms with van der Waals surface area (Å²) in [7, 11) is 0. The second-order valence-corrected chi connectivity index (χ2v) is 9.07. The minimum atomic E-state index is -1.32. The van der Waals surface area contributed by atoms with Crippen LogP contribution in [-0.2, 0) is 28.8 Å². The third kappa shape index (κ3) is 12.4. The molecule has 0 aromatic carbocycles. The van der Waals surface area contributed by atoms with Crippen LogP contribution in [0.4, 0.5) is 0 Å². The molecule has 10 N–H and O–H groups in total. The summed E-state index contributed by atoms with van der Waals surface area (Å²) in [5, 5.41) is 16.5. The molecule has 0 aliphatic carbocycles. The van der Waals surface area contributed by atoms with Crippen molar-refractivity contribution in [3.63, 3.8) is 0 Å². The van der Waals surface area contributed by atoms with E-state index >= 15 is 0 Å². The fourth-order valence-corrected chi connectivity index (χ4v) is 3.19. The molecule has 0 heterocycles. The predicted molar refractivity (Wildman–Crippen MR) is 126 cm³/mol. The number of hydrogen-bond donors (Lipinski definition) is 7. The zero-order valence-corrected chi connectivity index (χ0v) is 20.5. The van der Waals surface area contributed by atoms with Gasteiger partial charge in [-0.1, -0.05) is 13.8 Å². The highest BCUT2D eigenvalue weighted by atomic mass is 32.2. The van der Waals surface area contributed by atoms with Crippen LogP contribution in [0.25, 0.3) is 0 Å². The lowest BCUT2D eigenvalue weighted by atomic mass is 10.0. The molecule has 34 heavy (non-hydrogen) atoms. The van der Waals surface area contributed by atoms with Crippen molar-refractivity contribution in [2.24, 2.45) is 23.1 Å². The van der Waals surface area contributed by atoms with Gasteiger partial charge < -0.3 is 38.3 Å². The van der Waals surface area contributed by atoms with E-state index in [-0.39, 0.29) is 38.0 Å². The molecule has 194 valence electrons. The quantitative estimate of drug-likeness (QED) is 0.113. The Morgan fingerprint density at radius 2 is 1.18 bits per heavy atom. The second-order valence-electron chi connectivity index (χ2n) is 8.08. The van der Waals surface area contributed by atoms with E-state index in [4.69, 9.17) is 17.2 Å². The smallest absolute Gasteiger partial charge is 0.326 e. The van der Waals surface area contributed by atoms with Crippen LogP contribution in [0.5, 0.6) is 0 Å². The van der Waals surface area contributed by atoms with E-state index in [1.54, 1.807) is 20.1 Å². The maximum absolute atomic E-state index is 12.9. The number of carbonyl (C=O) groups is 6. The number of nitrogens with one attached hydrogen (secondary N) is 3. The summed E-state index contributed by atoms with van der Waals surface area (Å²) >= 11 is 1.40. The molecule has 0 saturated heterocycles. The molecule has 13 nitrogen and oxygen atoms in total. The third-order valence-corrected chi connectivity index (χ3v) is 5.51. The van der Waals surface area contributed by atoms with Gasteiger partial charge in [-0.15, -0.1) is 0 Å². The normalized spacial score (nSPS) is 14.4. The first-order valence-electron chi connectivity index (χ1n) is 10.7. The van der Waals surface area contributed by atoms with Crippen molar-refractivity contribution in [1.82, 2.24) is 16.0 Å². The second kappa shape index (κ2) is 15.9. The minimum Gasteiger partial charge on any atom is -0.480 e. The summed E-state index contributed by atoms with van der Waals surface area (Å²) in [5.41, 5.74) is 16.1. The van der Waals surface area contributed by atoms with Gasteiger partial charge in [0.15, 0.2) is 0 Å². The van der Waals surface area contributed by atoms with Crippen LogP contribution in [0.3, 0.4) is 0 Å². The molecule has 0 aromatic heterocycles. The number of primary amides is 2. The van der Waals surface area contributed by atoms with Crippen molar-refractivity contribution >= 4 is 47.3 Å². The highest BCUT2D eigenvalue weighted by molar-refractivity contribution is 7.98. The van der Waals surface area contributed by atoms with Gasteiger partial charge in [-0.05, 0) is 37.2 Å². The molecule has 0 fully saturated rings. The van der Waals surface area contributed by atoms with E-state index < -0.39 is 59.7 Å². The van der Waals surface area contributed by atoms with Crippen molar-refractivity contribution < 1.29 is 33.9 Å². The highest BCUT2D eigenvalue weighted by Gasteiger charge is 2.31. The molecule has 4 unspecified atom stereocenters. The van der Waals surface area contributed by atoms with Gasteiger partial charge in [0.2, 0.25) is 29.5 Å². The van der Waals surface area contributed by atoms with Crippen molar-refractivity contribution in [3.05, 3.63) is 0 Å². The first kappa shape index (κ1) is 31.1. The Kier molecular flexibility index (Phi) is 14.5. The molecular formula is C20H36N6O7S. The minimum absolute atomic E-state index is 0.142. The summed E-state index contributed by atoms with van der Waals surface area (Å²) in [6.45, 7) is 3.42. The SMILES string of the molecule is CSCCC(NC(=O)C(CCC(N)=O)NC(=O)C(CCC(N)=O)NC(=O)C(N)C(C)C)C(=O)O. The van der Waals surface area contributed by atoms with Crippen molar-refractivity contribution in [2.45, 2.75) is 70.1 Å². The Morgan fingerprint density at radius 3 is 1.53 bits per heavy atom. The zero-order chi connectivity index (χ0) is 26.4. The summed E-state index contributed by atoms with van der Waals surface area (Å²) in [4.78, 5) is 71.9. The van der Waals surface area contributed by atoms with Gasteiger partial charge in [-0.2, -0.15) is 11.8 Å². The summed E-state index contributed by atoms with van der Waals surface area (Å²) in [5.74, 6) is -4.76. The van der Waals surface area contributed by atoms with Gasteiger partial charge in [-0.25, -0.2) is 4.79 Å². The lowest BCUT2D eigenvalue weighted by Gasteiger charge is -2.25. The lowest BCUT2D eigenvalue weighted by molar-refractivity contribution is -0.142. The summed E-state index contributed by atoms with van der Waals surface area (Å²) < 4.78 is 0. The Bertz CT molecular complexity index is 749. The fourth-order valence-electron chi connectivity index (χ4n) is 2.72. The predicted octanol–water partition coefficient (Wildman–Crippen LogP) is -2.21. The number of aliphatic carboxylic acids is 1. The average molecular weight is 505 g/mol. The van der Waals surface area contributed by atoms with Crippen molar-refractivity contribution in [2.75, 3.05) is 12.0 Å². The Hall–Kier alpha value is -2.87. The fraction of sp³-hybridized carbons (Fsp3) is 0.700. The van der Waals surface area contributed by atoms with E-state index in [9.17, 15) is 33.9 Å². The average Bonchev–Trinajstić information content (AvgIpc) is 2.74. The number of hydrogen-bond acceptors (Lipinski definition) is 8. The van der Waals surface area contributed by atoms with Crippen LogP contribution < -0.4 is 33.2 Å². The maximum atomic E-state index is 12.9. The van der Waals surface area contributed by atoms with Crippen LogP contribution >= 0.6 is 11.8 Å². The first-order chi connectivity index (χ1) is 15.8. The van der Waals surface area contributed by atoms with Gasteiger partial charge in [0, 0.05) is 12.8 Å². The van der Waals surface area contributed by atoms with Gasteiger partial charge in [-0.3, -0.25) is 24.0 Å². The Morgan fingerprint density at radius 1 is 0.765 bits per heavy atom. The van der Waals surface area contributed by atoms with Gasteiger partial charge >= 0.3 is 5.97 Å². The van der Waals surface area contributed by atoms with E-state index in [0.717, 1.165) is 0 Å². The summed E-state index contributed by atoms with van der Waals surface area (Å²) in [6.07, 6.45) is 1.06. The zero-order valence-electron chi connectivity index (χ0n) is 19.7. The van der Waals surface area contributed by atoms with Crippen LogP contribution in [0.2, 0.25) is 0 Å². The van der Waals surface area contributed by atoms with Crippen molar-refractivity contribution in [1.29, 1.82) is 0 Å². The molecule has 5 amide bonds. The molecule has 0 rings (SSSR count). The number of carboxylic acid groups (broad SMARTS) is 1. The molecule has 4 atom stereocenters. The molecule has 0 radical (unpaired) electrons. The maximum Gasteiger partial charge on any atom is 0.326 e. The van der Waals surface area contributed by atoms with Crippen LogP contribution in [-0.4, -0.2) is 76.8 Å². The number of carboxylic acids is 1. The number of carbonyl (C=O) groups excluding carboxylic acids is 5. The van der Waals surface area contributed by atoms with Crippen molar-refractivity contribution in [3.8, 4) is 0 Å². The third-order valence-electron chi connectivity index (χ3n) is 4.87. The number of rotatable bonds is 17. The number of nitrogens with two attached hydrogens (primary N) is 3. The standard InChI is InChI=1S/C20H36N6O7S/c1-10(2)16(23)19(31)25-12(5-7-15(22)28)17(29)24-11(4-6-14(21)27)18(30)26-13(20(32)33)8-9-34-3/h10-13,16H,4-9,23H2,1-3H3,(H2,21,27)(H2,22,28)(H,24,29)(H,25,31)(H,26,30)(H,32,33). The number of thioether (sulfide) groups is 1. The molecule has 14 heteroatoms. The molecule has 0 aliphatic rings. The molecule has 0 spiro atoms. The first-order valence-corrected chi connectivity index (χ1v) is 12.1. The number of amides is 5. The molecular weight excluding hydrogens is 468 g/mol. The van der Waals surface area contributed by atoms with E-state index in [1.165, 1.54) is 11.8 Å². The van der Waals surface area contributed by atoms with E-state index in [0.29, 0.717) is 5.75 Å². The van der Waals surface area contributed by atoms with Crippen LogP contribution in [0, 0.1) is 5.92 Å². The molecule has 0 saturated carbocycles. The van der Waals surface area contributed by atoms with Crippen LogP contribution in [0.1, 0.15) is 46.0 Å². The topological polar surface area (TPSA) is 237 Å². The van der Waals surface area contributed by atoms with Gasteiger partial charge in [0.25, 0.3) is 0 Å². The Labute approximate surface area is 202 Å². The molecule has 0 aliphatic heterocycles. The lowest BCUT2D eigenvalue weighted by Crippen LogP contribution is -2.57. The molecule has 0 bridgehead atoms. The van der Waals surface area contributed by atoms with Gasteiger partial charge in [0.05, 0.1) is 6.04 Å². The highest BCUT2D eigenvalue weighted by Crippen LogP contribution is 2.07.